The molecule has 0 saturated carbocycles. The molecular weight excluding hydrogens is 276 g/mol. The van der Waals surface area contributed by atoms with Crippen LogP contribution in [0, 0.1) is 0 Å². The van der Waals surface area contributed by atoms with Gasteiger partial charge in [-0.05, 0) is 31.5 Å². The molecule has 0 bridgehead atoms. The minimum absolute atomic E-state index is 0.513. The van der Waals surface area contributed by atoms with Crippen LogP contribution in [0.2, 0.25) is 0 Å². The van der Waals surface area contributed by atoms with Crippen LogP contribution >= 0.6 is 0 Å². The Morgan fingerprint density at radius 3 is 2.77 bits per heavy atom. The van der Waals surface area contributed by atoms with E-state index < -0.39 is 11.5 Å². The SMILES string of the molecule is CCn1c2ccccc2c2c3c(ccc21)CC(C)(C(=O)O)N3. The summed E-state index contributed by atoms with van der Waals surface area (Å²) in [7, 11) is 0. The first-order valence-corrected chi connectivity index (χ1v) is 7.59. The van der Waals surface area contributed by atoms with Crippen molar-refractivity contribution in [1.29, 1.82) is 0 Å². The van der Waals surface area contributed by atoms with Gasteiger partial charge in [0.05, 0.1) is 5.52 Å². The summed E-state index contributed by atoms with van der Waals surface area (Å²) in [6, 6.07) is 12.5. The van der Waals surface area contributed by atoms with E-state index >= 15 is 0 Å². The highest BCUT2D eigenvalue weighted by atomic mass is 16.4. The van der Waals surface area contributed by atoms with Crippen LogP contribution in [0.4, 0.5) is 5.69 Å². The molecule has 0 aliphatic carbocycles. The van der Waals surface area contributed by atoms with Gasteiger partial charge < -0.3 is 15.0 Å². The normalized spacial score (nSPS) is 20.3. The summed E-state index contributed by atoms with van der Waals surface area (Å²) in [6.07, 6.45) is 0.513. The number of nitrogens with one attached hydrogen (secondary N) is 1. The Balaban J connectivity index is 2.09. The van der Waals surface area contributed by atoms with Gasteiger partial charge in [-0.15, -0.1) is 0 Å². The van der Waals surface area contributed by atoms with Crippen LogP contribution < -0.4 is 5.32 Å². The first-order valence-electron chi connectivity index (χ1n) is 7.59. The second kappa shape index (κ2) is 4.26. The molecular formula is C18H18N2O2. The fourth-order valence-electron chi connectivity index (χ4n) is 3.64. The van der Waals surface area contributed by atoms with Crippen LogP contribution in [0.5, 0.6) is 0 Å². The van der Waals surface area contributed by atoms with E-state index in [2.05, 4.69) is 41.1 Å². The number of anilines is 1. The van der Waals surface area contributed by atoms with E-state index in [9.17, 15) is 9.90 Å². The maximum Gasteiger partial charge on any atom is 0.329 e. The molecule has 2 heterocycles. The number of rotatable bonds is 2. The molecule has 0 radical (unpaired) electrons. The quantitative estimate of drug-likeness (QED) is 0.759. The Bertz CT molecular complexity index is 926. The summed E-state index contributed by atoms with van der Waals surface area (Å²) in [5, 5.41) is 15.1. The Labute approximate surface area is 128 Å². The summed E-state index contributed by atoms with van der Waals surface area (Å²) in [6.45, 7) is 4.77. The third-order valence-electron chi connectivity index (χ3n) is 4.76. The maximum absolute atomic E-state index is 11.6. The predicted molar refractivity (Wildman–Crippen MR) is 88.5 cm³/mol. The Hall–Kier alpha value is -2.49. The molecule has 112 valence electrons. The van der Waals surface area contributed by atoms with Crippen molar-refractivity contribution in [3.8, 4) is 0 Å². The molecule has 4 nitrogen and oxygen atoms in total. The summed E-state index contributed by atoms with van der Waals surface area (Å²) in [5.74, 6) is -0.809. The van der Waals surface area contributed by atoms with Crippen molar-refractivity contribution in [2.24, 2.45) is 0 Å². The van der Waals surface area contributed by atoms with E-state index in [4.69, 9.17) is 0 Å². The maximum atomic E-state index is 11.6. The van der Waals surface area contributed by atoms with Gasteiger partial charge in [-0.1, -0.05) is 24.3 Å². The fraction of sp³-hybridized carbons (Fsp3) is 0.278. The molecule has 4 heteroatoms. The van der Waals surface area contributed by atoms with E-state index in [1.165, 1.54) is 10.9 Å². The number of aliphatic carboxylic acids is 1. The molecule has 0 fully saturated rings. The fourth-order valence-corrected chi connectivity index (χ4v) is 3.64. The molecule has 1 aliphatic rings. The van der Waals surface area contributed by atoms with E-state index in [1.807, 2.05) is 12.1 Å². The van der Waals surface area contributed by atoms with Gasteiger partial charge in [-0.2, -0.15) is 0 Å². The highest BCUT2D eigenvalue weighted by molar-refractivity contribution is 6.16. The second-order valence-corrected chi connectivity index (χ2v) is 6.19. The topological polar surface area (TPSA) is 54.3 Å². The number of benzene rings is 2. The largest absolute Gasteiger partial charge is 0.480 e. The van der Waals surface area contributed by atoms with Crippen molar-refractivity contribution in [3.05, 3.63) is 42.0 Å². The van der Waals surface area contributed by atoms with Crippen LogP contribution in [0.1, 0.15) is 19.4 Å². The van der Waals surface area contributed by atoms with Gasteiger partial charge in [0.15, 0.2) is 0 Å². The van der Waals surface area contributed by atoms with Gasteiger partial charge >= 0.3 is 5.97 Å². The smallest absolute Gasteiger partial charge is 0.329 e. The minimum atomic E-state index is -0.925. The lowest BCUT2D eigenvalue weighted by Crippen LogP contribution is -2.41. The molecule has 1 aromatic heterocycles. The third-order valence-corrected chi connectivity index (χ3v) is 4.76. The average Bonchev–Trinajstić information content (AvgIpc) is 3.01. The van der Waals surface area contributed by atoms with Crippen molar-refractivity contribution in [1.82, 2.24) is 4.57 Å². The zero-order valence-electron chi connectivity index (χ0n) is 12.7. The third kappa shape index (κ3) is 1.55. The van der Waals surface area contributed by atoms with Gasteiger partial charge in [-0.25, -0.2) is 4.79 Å². The lowest BCUT2D eigenvalue weighted by atomic mass is 9.97. The monoisotopic (exact) mass is 294 g/mol. The molecule has 0 amide bonds. The lowest BCUT2D eigenvalue weighted by molar-refractivity contribution is -0.141. The summed E-state index contributed by atoms with van der Waals surface area (Å²) < 4.78 is 2.28. The summed E-state index contributed by atoms with van der Waals surface area (Å²) >= 11 is 0. The Morgan fingerprint density at radius 2 is 2.05 bits per heavy atom. The lowest BCUT2D eigenvalue weighted by Gasteiger charge is -2.19. The van der Waals surface area contributed by atoms with Gasteiger partial charge in [0.2, 0.25) is 0 Å². The number of carboxylic acid groups (broad SMARTS) is 1. The molecule has 3 aromatic rings. The number of hydrogen-bond acceptors (Lipinski definition) is 2. The first-order chi connectivity index (χ1) is 10.5. The molecule has 1 aliphatic heterocycles. The second-order valence-electron chi connectivity index (χ2n) is 6.19. The van der Waals surface area contributed by atoms with Gasteiger partial charge in [0.1, 0.15) is 5.54 Å². The molecule has 2 N–H and O–H groups in total. The van der Waals surface area contributed by atoms with E-state index in [0.29, 0.717) is 6.42 Å². The molecule has 2 aromatic carbocycles. The van der Waals surface area contributed by atoms with Crippen LogP contribution in [-0.2, 0) is 17.8 Å². The number of nitrogens with zero attached hydrogens (tertiary/aromatic N) is 1. The highest BCUT2D eigenvalue weighted by Crippen LogP contribution is 2.42. The van der Waals surface area contributed by atoms with Crippen molar-refractivity contribution >= 4 is 33.5 Å². The molecule has 0 saturated heterocycles. The standard InChI is InChI=1S/C18H18N2O2/c1-3-20-13-7-5-4-6-12(13)15-14(20)9-8-11-10-18(2,17(21)22)19-16(11)15/h4-9,19H,3,10H2,1-2H3,(H,21,22). The van der Waals surface area contributed by atoms with Crippen molar-refractivity contribution < 1.29 is 9.90 Å². The Kier molecular flexibility index (Phi) is 2.55. The summed E-state index contributed by atoms with van der Waals surface area (Å²) in [4.78, 5) is 11.6. The van der Waals surface area contributed by atoms with Crippen LogP contribution in [0.25, 0.3) is 21.8 Å². The number of carboxylic acids is 1. The zero-order valence-corrected chi connectivity index (χ0v) is 12.7. The minimum Gasteiger partial charge on any atom is -0.480 e. The molecule has 1 unspecified atom stereocenters. The average molecular weight is 294 g/mol. The van der Waals surface area contributed by atoms with Crippen molar-refractivity contribution in [2.45, 2.75) is 32.4 Å². The number of hydrogen-bond donors (Lipinski definition) is 2. The first kappa shape index (κ1) is 13.2. The van der Waals surface area contributed by atoms with Crippen LogP contribution in [0.3, 0.4) is 0 Å². The van der Waals surface area contributed by atoms with Gasteiger partial charge in [-0.3, -0.25) is 0 Å². The van der Waals surface area contributed by atoms with Crippen LogP contribution in [-0.4, -0.2) is 21.2 Å². The van der Waals surface area contributed by atoms with E-state index in [1.54, 1.807) is 6.92 Å². The van der Waals surface area contributed by atoms with Gasteiger partial charge in [0, 0.05) is 34.9 Å². The molecule has 4 rings (SSSR count). The van der Waals surface area contributed by atoms with Crippen LogP contribution in [0.15, 0.2) is 36.4 Å². The molecule has 22 heavy (non-hydrogen) atoms. The highest BCUT2D eigenvalue weighted by Gasteiger charge is 2.40. The number of aromatic nitrogens is 1. The van der Waals surface area contributed by atoms with E-state index in [-0.39, 0.29) is 0 Å². The number of fused-ring (bicyclic) bond motifs is 5. The summed E-state index contributed by atoms with van der Waals surface area (Å²) in [5.41, 5.74) is 3.48. The number of carbonyl (C=O) groups is 1. The van der Waals surface area contributed by atoms with Crippen molar-refractivity contribution in [3.63, 3.8) is 0 Å². The van der Waals surface area contributed by atoms with E-state index in [0.717, 1.165) is 28.7 Å². The molecule has 0 spiro atoms. The predicted octanol–water partition coefficient (Wildman–Crippen LogP) is 3.63. The number of aryl methyl sites for hydroxylation is 1. The zero-order chi connectivity index (χ0) is 15.5. The Morgan fingerprint density at radius 1 is 1.27 bits per heavy atom. The van der Waals surface area contributed by atoms with Gasteiger partial charge in [0.25, 0.3) is 0 Å². The number of para-hydroxylation sites is 1. The molecule has 1 atom stereocenters. The van der Waals surface area contributed by atoms with Crippen molar-refractivity contribution in [2.75, 3.05) is 5.32 Å².